The van der Waals surface area contributed by atoms with Gasteiger partial charge in [-0.05, 0) is 18.4 Å². The van der Waals surface area contributed by atoms with Crippen LogP contribution in [0.2, 0.25) is 0 Å². The van der Waals surface area contributed by atoms with Crippen molar-refractivity contribution in [1.29, 1.82) is 0 Å². The average Bonchev–Trinajstić information content (AvgIpc) is 2.46. The van der Waals surface area contributed by atoms with E-state index in [0.29, 0.717) is 5.41 Å². The van der Waals surface area contributed by atoms with E-state index in [4.69, 9.17) is 5.73 Å². The van der Waals surface area contributed by atoms with Gasteiger partial charge in [-0.15, -0.1) is 21.5 Å². The number of nitrogens with zero attached hydrogens (tertiary/aromatic N) is 2. The summed E-state index contributed by atoms with van der Waals surface area (Å²) >= 11 is 1.72. The van der Waals surface area contributed by atoms with Crippen molar-refractivity contribution < 1.29 is 0 Å². The van der Waals surface area contributed by atoms with E-state index in [-0.39, 0.29) is 0 Å². The molecule has 0 saturated carbocycles. The molecule has 1 aromatic heterocycles. The first-order valence-corrected chi connectivity index (χ1v) is 5.84. The van der Waals surface area contributed by atoms with Crippen molar-refractivity contribution in [3.8, 4) is 0 Å². The molecule has 0 amide bonds. The second kappa shape index (κ2) is 4.84. The third-order valence-corrected chi connectivity index (χ3v) is 2.77. The Balaban J connectivity index is 2.51. The molecule has 0 fully saturated rings. The first-order chi connectivity index (χ1) is 6.51. The first-order valence-electron chi connectivity index (χ1n) is 5.02. The number of nitrogens with two attached hydrogens (primary N) is 1. The lowest BCUT2D eigenvalue weighted by Crippen LogP contribution is -2.08. The van der Waals surface area contributed by atoms with Crippen molar-refractivity contribution in [2.75, 3.05) is 6.54 Å². The molecule has 0 atom stereocenters. The van der Waals surface area contributed by atoms with Crippen LogP contribution in [0.25, 0.3) is 0 Å². The summed E-state index contributed by atoms with van der Waals surface area (Å²) in [6, 6.07) is 0. The van der Waals surface area contributed by atoms with Crippen molar-refractivity contribution in [2.24, 2.45) is 11.1 Å². The number of aromatic nitrogens is 2. The standard InChI is InChI=1S/C10H19N3S/c1-10(2,3)7-9-13-12-8(14-9)5-4-6-11/h4-7,11H2,1-3H3. The highest BCUT2D eigenvalue weighted by Gasteiger charge is 2.14. The van der Waals surface area contributed by atoms with Gasteiger partial charge in [0.25, 0.3) is 0 Å². The fraction of sp³-hybridized carbons (Fsp3) is 0.800. The van der Waals surface area contributed by atoms with Gasteiger partial charge in [0.05, 0.1) is 0 Å². The summed E-state index contributed by atoms with van der Waals surface area (Å²) in [6.45, 7) is 7.38. The molecule has 14 heavy (non-hydrogen) atoms. The zero-order chi connectivity index (χ0) is 10.6. The summed E-state index contributed by atoms with van der Waals surface area (Å²) in [5.41, 5.74) is 5.74. The van der Waals surface area contributed by atoms with Crippen LogP contribution in [0.4, 0.5) is 0 Å². The summed E-state index contributed by atoms with van der Waals surface area (Å²) in [7, 11) is 0. The maximum absolute atomic E-state index is 5.44. The van der Waals surface area contributed by atoms with Gasteiger partial charge in [-0.2, -0.15) is 0 Å². The quantitative estimate of drug-likeness (QED) is 0.832. The van der Waals surface area contributed by atoms with E-state index in [0.717, 1.165) is 35.8 Å². The normalized spacial score (nSPS) is 12.0. The predicted molar refractivity (Wildman–Crippen MR) is 60.4 cm³/mol. The topological polar surface area (TPSA) is 51.8 Å². The number of hydrogen-bond donors (Lipinski definition) is 1. The van der Waals surface area contributed by atoms with Gasteiger partial charge in [-0.1, -0.05) is 20.8 Å². The third kappa shape index (κ3) is 4.15. The Morgan fingerprint density at radius 1 is 1.21 bits per heavy atom. The molecule has 0 bridgehead atoms. The molecular formula is C10H19N3S. The number of rotatable bonds is 4. The Morgan fingerprint density at radius 2 is 1.86 bits per heavy atom. The molecule has 3 nitrogen and oxygen atoms in total. The largest absolute Gasteiger partial charge is 0.330 e. The lowest BCUT2D eigenvalue weighted by atomic mass is 9.93. The first kappa shape index (κ1) is 11.6. The van der Waals surface area contributed by atoms with E-state index in [1.54, 1.807) is 11.3 Å². The maximum atomic E-state index is 5.44. The minimum absolute atomic E-state index is 0.296. The average molecular weight is 213 g/mol. The summed E-state index contributed by atoms with van der Waals surface area (Å²) < 4.78 is 0. The van der Waals surface area contributed by atoms with Gasteiger partial charge < -0.3 is 5.73 Å². The van der Waals surface area contributed by atoms with E-state index >= 15 is 0 Å². The van der Waals surface area contributed by atoms with E-state index in [1.807, 2.05) is 0 Å². The van der Waals surface area contributed by atoms with Crippen molar-refractivity contribution >= 4 is 11.3 Å². The highest BCUT2D eigenvalue weighted by atomic mass is 32.1. The van der Waals surface area contributed by atoms with Crippen LogP contribution < -0.4 is 5.73 Å². The smallest absolute Gasteiger partial charge is 0.117 e. The van der Waals surface area contributed by atoms with E-state index in [1.165, 1.54) is 0 Å². The Hall–Kier alpha value is -0.480. The molecule has 2 N–H and O–H groups in total. The molecule has 1 aromatic rings. The summed E-state index contributed by atoms with van der Waals surface area (Å²) in [4.78, 5) is 0. The second-order valence-corrected chi connectivity index (χ2v) is 5.87. The van der Waals surface area contributed by atoms with Crippen LogP contribution >= 0.6 is 11.3 Å². The predicted octanol–water partition coefficient (Wildman–Crippen LogP) is 2.02. The Labute approximate surface area is 89.7 Å². The molecule has 0 aliphatic carbocycles. The number of aryl methyl sites for hydroxylation is 1. The Morgan fingerprint density at radius 3 is 2.43 bits per heavy atom. The van der Waals surface area contributed by atoms with Gasteiger partial charge in [0, 0.05) is 12.8 Å². The molecule has 0 radical (unpaired) electrons. The van der Waals surface area contributed by atoms with Gasteiger partial charge in [0.15, 0.2) is 0 Å². The molecule has 0 aliphatic rings. The van der Waals surface area contributed by atoms with Gasteiger partial charge in [-0.25, -0.2) is 0 Å². The van der Waals surface area contributed by atoms with Crippen molar-refractivity contribution in [1.82, 2.24) is 10.2 Å². The molecule has 0 unspecified atom stereocenters. The second-order valence-electron chi connectivity index (χ2n) is 4.72. The van der Waals surface area contributed by atoms with Gasteiger partial charge in [-0.3, -0.25) is 0 Å². The van der Waals surface area contributed by atoms with E-state index < -0.39 is 0 Å². The van der Waals surface area contributed by atoms with Gasteiger partial charge in [0.1, 0.15) is 10.0 Å². The highest BCUT2D eigenvalue weighted by Crippen LogP contribution is 2.23. The molecule has 1 heterocycles. The third-order valence-electron chi connectivity index (χ3n) is 1.79. The maximum Gasteiger partial charge on any atom is 0.117 e. The molecule has 0 spiro atoms. The molecule has 0 saturated heterocycles. The van der Waals surface area contributed by atoms with Crippen molar-refractivity contribution in [3.63, 3.8) is 0 Å². The molecular weight excluding hydrogens is 194 g/mol. The molecule has 4 heteroatoms. The van der Waals surface area contributed by atoms with Crippen LogP contribution in [0.15, 0.2) is 0 Å². The summed E-state index contributed by atoms with van der Waals surface area (Å²) in [6.07, 6.45) is 2.98. The fourth-order valence-corrected chi connectivity index (χ4v) is 2.35. The minimum Gasteiger partial charge on any atom is -0.330 e. The van der Waals surface area contributed by atoms with Crippen molar-refractivity contribution in [2.45, 2.75) is 40.0 Å². The van der Waals surface area contributed by atoms with Gasteiger partial charge in [0.2, 0.25) is 0 Å². The van der Waals surface area contributed by atoms with Crippen LogP contribution in [0.3, 0.4) is 0 Å². The van der Waals surface area contributed by atoms with Gasteiger partial charge >= 0.3 is 0 Å². The van der Waals surface area contributed by atoms with Crippen LogP contribution in [-0.2, 0) is 12.8 Å². The highest BCUT2D eigenvalue weighted by molar-refractivity contribution is 7.11. The van der Waals surface area contributed by atoms with E-state index in [9.17, 15) is 0 Å². The van der Waals surface area contributed by atoms with Crippen LogP contribution in [0, 0.1) is 5.41 Å². The van der Waals surface area contributed by atoms with Crippen LogP contribution in [-0.4, -0.2) is 16.7 Å². The van der Waals surface area contributed by atoms with Crippen molar-refractivity contribution in [3.05, 3.63) is 10.0 Å². The lowest BCUT2D eigenvalue weighted by molar-refractivity contribution is 0.409. The Bertz CT molecular complexity index is 275. The summed E-state index contributed by atoms with van der Waals surface area (Å²) in [5, 5.41) is 10.6. The summed E-state index contributed by atoms with van der Waals surface area (Å²) in [5.74, 6) is 0. The monoisotopic (exact) mass is 213 g/mol. The fourth-order valence-electron chi connectivity index (χ4n) is 1.17. The molecule has 1 rings (SSSR count). The minimum atomic E-state index is 0.296. The molecule has 80 valence electrons. The van der Waals surface area contributed by atoms with Crippen LogP contribution in [0.5, 0.6) is 0 Å². The van der Waals surface area contributed by atoms with Crippen LogP contribution in [0.1, 0.15) is 37.2 Å². The zero-order valence-corrected chi connectivity index (χ0v) is 10.0. The number of hydrogen-bond acceptors (Lipinski definition) is 4. The molecule has 0 aliphatic heterocycles. The zero-order valence-electron chi connectivity index (χ0n) is 9.21. The van der Waals surface area contributed by atoms with E-state index in [2.05, 4.69) is 31.0 Å². The Kier molecular flexibility index (Phi) is 4.01. The molecule has 0 aromatic carbocycles. The lowest BCUT2D eigenvalue weighted by Gasteiger charge is -2.14. The SMILES string of the molecule is CC(C)(C)Cc1nnc(CCCN)s1.